The van der Waals surface area contributed by atoms with Crippen molar-refractivity contribution in [2.75, 3.05) is 0 Å². The zero-order valence-electron chi connectivity index (χ0n) is 6.94. The Balaban J connectivity index is 3.04. The lowest BCUT2D eigenvalue weighted by molar-refractivity contribution is 0.281. The van der Waals surface area contributed by atoms with Crippen LogP contribution in [-0.2, 0) is 10.8 Å². The number of aromatic nitrogens is 2. The quantitative estimate of drug-likeness (QED) is 0.374. The Labute approximate surface area is 110 Å². The molecule has 0 aliphatic heterocycles. The second-order valence-corrected chi connectivity index (χ2v) is 7.44. The van der Waals surface area contributed by atoms with Gasteiger partial charge in [0.25, 0.3) is 0 Å². The molecule has 0 unspecified atom stereocenters. The van der Waals surface area contributed by atoms with Crippen molar-refractivity contribution in [3.8, 4) is 0 Å². The molecule has 1 heterocycles. The smallest absolute Gasteiger partial charge is 0.180 e. The molecule has 0 bridgehead atoms. The maximum absolute atomic E-state index is 8.86. The molecule has 0 aromatic carbocycles. The lowest BCUT2D eigenvalue weighted by Crippen LogP contribution is -2.36. The van der Waals surface area contributed by atoms with E-state index in [4.69, 9.17) is 5.11 Å². The molecule has 80 valence electrons. The first kappa shape index (κ1) is 13.0. The van der Waals surface area contributed by atoms with Gasteiger partial charge < -0.3 is 5.11 Å². The van der Waals surface area contributed by atoms with Gasteiger partial charge in [-0.3, -0.25) is 0 Å². The molecule has 1 aromatic heterocycles. The van der Waals surface area contributed by atoms with Gasteiger partial charge in [-0.15, -0.1) is 63.1 Å². The number of hydrogen-bond acceptors (Lipinski definition) is 7. The zero-order valence-corrected chi connectivity index (χ0v) is 11.4. The van der Waals surface area contributed by atoms with Crippen LogP contribution in [0.15, 0.2) is 12.4 Å². The van der Waals surface area contributed by atoms with Crippen molar-refractivity contribution in [2.24, 2.45) is 0 Å². The Kier molecular flexibility index (Phi) is 4.10. The number of hydrogen-bond donors (Lipinski definition) is 6. The van der Waals surface area contributed by atoms with Gasteiger partial charge in [0.05, 0.1) is 12.8 Å². The number of nitrogens with zero attached hydrogens (tertiary/aromatic N) is 2. The molecule has 0 aliphatic rings. The van der Waals surface area contributed by atoms with E-state index in [0.29, 0.717) is 5.56 Å². The lowest BCUT2D eigenvalue weighted by Gasteiger charge is -2.33. The minimum atomic E-state index is -1.07. The molecule has 0 amide bonds. The van der Waals surface area contributed by atoms with Crippen molar-refractivity contribution < 1.29 is 5.11 Å². The summed E-state index contributed by atoms with van der Waals surface area (Å²) in [5, 5.41) is 12.8. The topological polar surface area (TPSA) is 38.1 Å². The molecule has 1 aromatic rings. The molecule has 14 heavy (non-hydrogen) atoms. The minimum absolute atomic E-state index is 0.0870. The van der Waals surface area contributed by atoms with E-state index in [1.54, 1.807) is 6.20 Å². The molecule has 0 atom stereocenters. The average Bonchev–Trinajstić information content (AvgIpc) is 2.49. The van der Waals surface area contributed by atoms with Crippen LogP contribution in [-0.4, -0.2) is 18.3 Å². The first-order valence-electron chi connectivity index (χ1n) is 3.56. The van der Waals surface area contributed by atoms with Gasteiger partial charge in [-0.1, -0.05) is 0 Å². The van der Waals surface area contributed by atoms with E-state index < -0.39 is 7.61 Å². The summed E-state index contributed by atoms with van der Waals surface area (Å²) in [6.45, 7) is -0.0870. The summed E-state index contributed by atoms with van der Waals surface area (Å²) in [6, 6.07) is 0. The van der Waals surface area contributed by atoms with Gasteiger partial charge in [-0.05, 0) is 0 Å². The fourth-order valence-corrected chi connectivity index (χ4v) is 1.29. The van der Waals surface area contributed by atoms with Crippen LogP contribution >= 0.6 is 63.1 Å². The fraction of sp³-hybridized carbons (Fsp3) is 0.500. The molecule has 0 radical (unpaired) electrons. The Bertz CT molecular complexity index is 318. The summed E-state index contributed by atoms with van der Waals surface area (Å²) in [4.78, 5) is 0. The molecule has 0 aliphatic carbocycles. The second kappa shape index (κ2) is 4.42. The van der Waals surface area contributed by atoms with Gasteiger partial charge >= 0.3 is 0 Å². The van der Waals surface area contributed by atoms with Gasteiger partial charge in [0, 0.05) is 11.8 Å². The second-order valence-electron chi connectivity index (χ2n) is 2.72. The number of rotatable bonds is 3. The van der Waals surface area contributed by atoms with Crippen LogP contribution in [0, 0.1) is 0 Å². The normalized spacial score (nSPS) is 13.3. The van der Waals surface area contributed by atoms with E-state index in [-0.39, 0.29) is 6.61 Å². The first-order valence-corrected chi connectivity index (χ1v) is 5.79. The minimum Gasteiger partial charge on any atom is -0.392 e. The molecule has 0 saturated heterocycles. The summed E-state index contributed by atoms with van der Waals surface area (Å²) in [6.07, 6.45) is 3.12. The molecular weight excluding hydrogens is 276 g/mol. The highest BCUT2D eigenvalue weighted by atomic mass is 32.2. The Morgan fingerprint density at radius 1 is 1.29 bits per heavy atom. The van der Waals surface area contributed by atoms with E-state index in [9.17, 15) is 0 Å². The van der Waals surface area contributed by atoms with E-state index in [2.05, 4.69) is 68.2 Å². The largest absolute Gasteiger partial charge is 0.392 e. The maximum atomic E-state index is 8.86. The monoisotopic (exact) mass is 286 g/mol. The fourth-order valence-electron chi connectivity index (χ4n) is 0.766. The highest BCUT2D eigenvalue weighted by Crippen LogP contribution is 2.47. The summed E-state index contributed by atoms with van der Waals surface area (Å²) in [5.41, 5.74) is 0.664. The van der Waals surface area contributed by atoms with Crippen molar-refractivity contribution in [3.05, 3.63) is 18.0 Å². The molecule has 0 spiro atoms. The van der Waals surface area contributed by atoms with E-state index in [0.717, 1.165) is 0 Å². The molecule has 1 N–H and O–H groups in total. The number of thiol groups is 5. The SMILES string of the molecule is OCc1cnn(C(S)(S)C(S)(S)S)c1. The lowest BCUT2D eigenvalue weighted by atomic mass is 10.4. The summed E-state index contributed by atoms with van der Waals surface area (Å²) >= 11 is 20.9. The number of aliphatic hydroxyl groups excluding tert-OH is 1. The van der Waals surface area contributed by atoms with Crippen LogP contribution < -0.4 is 0 Å². The molecule has 1 rings (SSSR count). The van der Waals surface area contributed by atoms with Crippen LogP contribution in [0.25, 0.3) is 0 Å². The highest BCUT2D eigenvalue weighted by Gasteiger charge is 2.41. The van der Waals surface area contributed by atoms with Crippen molar-refractivity contribution in [2.45, 2.75) is 14.2 Å². The van der Waals surface area contributed by atoms with Crippen molar-refractivity contribution in [1.82, 2.24) is 9.78 Å². The van der Waals surface area contributed by atoms with Crippen molar-refractivity contribution in [1.29, 1.82) is 0 Å². The van der Waals surface area contributed by atoms with E-state index in [1.807, 2.05) is 0 Å². The summed E-state index contributed by atoms with van der Waals surface area (Å²) < 4.78 is -0.703. The van der Waals surface area contributed by atoms with E-state index >= 15 is 0 Å². The Morgan fingerprint density at radius 3 is 2.21 bits per heavy atom. The van der Waals surface area contributed by atoms with Crippen LogP contribution in [0.1, 0.15) is 5.56 Å². The molecular formula is C6H10N2OS5. The number of aliphatic hydroxyl groups is 1. The first-order chi connectivity index (χ1) is 6.29. The summed E-state index contributed by atoms with van der Waals surface area (Å²) in [7, 11) is 0. The van der Waals surface area contributed by atoms with E-state index in [1.165, 1.54) is 10.9 Å². The summed E-state index contributed by atoms with van der Waals surface area (Å²) in [5.74, 6) is 0. The van der Waals surface area contributed by atoms with Crippen LogP contribution in [0.5, 0.6) is 0 Å². The molecule has 8 heteroatoms. The maximum Gasteiger partial charge on any atom is 0.180 e. The van der Waals surface area contributed by atoms with Gasteiger partial charge in [-0.2, -0.15) is 5.10 Å². The van der Waals surface area contributed by atoms with Crippen molar-refractivity contribution in [3.63, 3.8) is 0 Å². The third-order valence-corrected chi connectivity index (χ3v) is 4.70. The molecule has 0 fully saturated rings. The predicted molar refractivity (Wildman–Crippen MR) is 73.8 cm³/mol. The predicted octanol–water partition coefficient (Wildman–Crippen LogP) is 1.29. The van der Waals surface area contributed by atoms with Gasteiger partial charge in [0.1, 0.15) is 3.41 Å². The highest BCUT2D eigenvalue weighted by molar-refractivity contribution is 8.20. The Hall–Kier alpha value is 0.920. The zero-order chi connectivity index (χ0) is 11.0. The average molecular weight is 286 g/mol. The van der Waals surface area contributed by atoms with Crippen LogP contribution in [0.3, 0.4) is 0 Å². The van der Waals surface area contributed by atoms with Gasteiger partial charge in [-0.25, -0.2) is 4.68 Å². The van der Waals surface area contributed by atoms with Gasteiger partial charge in [0.2, 0.25) is 0 Å². The molecule has 0 saturated carbocycles. The van der Waals surface area contributed by atoms with Gasteiger partial charge in [0.15, 0.2) is 4.20 Å². The third-order valence-electron chi connectivity index (χ3n) is 1.59. The standard InChI is InChI=1S/C6H10N2OS5/c9-3-4-1-7-8(2-4)5(10,11)6(12,13)14/h1-2,9-14H,3H2. The Morgan fingerprint density at radius 2 is 1.86 bits per heavy atom. The molecule has 3 nitrogen and oxygen atoms in total. The van der Waals surface area contributed by atoms with Crippen molar-refractivity contribution >= 4 is 63.1 Å². The van der Waals surface area contributed by atoms with Crippen LogP contribution in [0.4, 0.5) is 0 Å². The van der Waals surface area contributed by atoms with Crippen LogP contribution in [0.2, 0.25) is 0 Å². The third kappa shape index (κ3) is 2.53.